The third-order valence-electron chi connectivity index (χ3n) is 3.04. The molecule has 0 saturated heterocycles. The number of esters is 1. The topological polar surface area (TPSA) is 43.6 Å². The number of carbonyl (C=O) groups is 1. The third kappa shape index (κ3) is 2.28. The molecule has 0 aliphatic rings. The summed E-state index contributed by atoms with van der Waals surface area (Å²) in [5.74, 6) is -0.308. The molecular formula is C16H14N2O2. The van der Waals surface area contributed by atoms with Crippen molar-refractivity contribution in [2.75, 3.05) is 6.61 Å². The lowest BCUT2D eigenvalue weighted by Crippen LogP contribution is -2.05. The highest BCUT2D eigenvalue weighted by Crippen LogP contribution is 2.20. The SMILES string of the molecule is CCOC(=O)c1ccn2nc(-c3ccccc3)cc2c1. The van der Waals surface area contributed by atoms with E-state index in [1.807, 2.05) is 36.4 Å². The highest BCUT2D eigenvalue weighted by atomic mass is 16.5. The summed E-state index contributed by atoms with van der Waals surface area (Å²) in [5, 5.41) is 4.49. The first-order chi connectivity index (χ1) is 9.78. The maximum Gasteiger partial charge on any atom is 0.338 e. The van der Waals surface area contributed by atoms with Gasteiger partial charge in [0.05, 0.1) is 23.4 Å². The van der Waals surface area contributed by atoms with Crippen LogP contribution in [0.3, 0.4) is 0 Å². The fourth-order valence-electron chi connectivity index (χ4n) is 2.09. The van der Waals surface area contributed by atoms with Gasteiger partial charge in [-0.2, -0.15) is 5.10 Å². The summed E-state index contributed by atoms with van der Waals surface area (Å²) < 4.78 is 6.75. The van der Waals surface area contributed by atoms with Gasteiger partial charge in [-0.05, 0) is 25.1 Å². The number of nitrogens with zero attached hydrogens (tertiary/aromatic N) is 2. The number of pyridine rings is 1. The minimum atomic E-state index is -0.308. The minimum Gasteiger partial charge on any atom is -0.462 e. The molecule has 0 bridgehead atoms. The quantitative estimate of drug-likeness (QED) is 0.684. The monoisotopic (exact) mass is 266 g/mol. The minimum absolute atomic E-state index is 0.308. The van der Waals surface area contributed by atoms with Crippen LogP contribution < -0.4 is 0 Å². The average Bonchev–Trinajstić information content (AvgIpc) is 2.91. The van der Waals surface area contributed by atoms with Crippen molar-refractivity contribution < 1.29 is 9.53 Å². The zero-order valence-corrected chi connectivity index (χ0v) is 11.1. The molecule has 0 atom stereocenters. The Kier molecular flexibility index (Phi) is 3.21. The van der Waals surface area contributed by atoms with Crippen LogP contribution in [-0.4, -0.2) is 22.2 Å². The Bertz CT molecular complexity index is 748. The Morgan fingerprint density at radius 3 is 2.75 bits per heavy atom. The van der Waals surface area contributed by atoms with E-state index in [4.69, 9.17) is 4.74 Å². The molecule has 1 aromatic carbocycles. The van der Waals surface area contributed by atoms with Gasteiger partial charge in [0.1, 0.15) is 0 Å². The van der Waals surface area contributed by atoms with Crippen molar-refractivity contribution in [3.8, 4) is 11.3 Å². The van der Waals surface area contributed by atoms with Crippen LogP contribution in [0.15, 0.2) is 54.7 Å². The van der Waals surface area contributed by atoms with Gasteiger partial charge >= 0.3 is 5.97 Å². The molecular weight excluding hydrogens is 252 g/mol. The molecule has 0 aliphatic carbocycles. The van der Waals surface area contributed by atoms with Gasteiger partial charge in [0.2, 0.25) is 0 Å². The number of benzene rings is 1. The Balaban J connectivity index is 2.02. The second-order valence-corrected chi connectivity index (χ2v) is 4.40. The first-order valence-electron chi connectivity index (χ1n) is 6.50. The van der Waals surface area contributed by atoms with Crippen molar-refractivity contribution in [1.29, 1.82) is 0 Å². The molecule has 0 aliphatic heterocycles. The summed E-state index contributed by atoms with van der Waals surface area (Å²) in [5.41, 5.74) is 3.34. The van der Waals surface area contributed by atoms with E-state index < -0.39 is 0 Å². The van der Waals surface area contributed by atoms with Crippen LogP contribution in [0.1, 0.15) is 17.3 Å². The van der Waals surface area contributed by atoms with E-state index in [-0.39, 0.29) is 5.97 Å². The largest absolute Gasteiger partial charge is 0.462 e. The molecule has 0 spiro atoms. The van der Waals surface area contributed by atoms with Crippen molar-refractivity contribution in [2.24, 2.45) is 0 Å². The van der Waals surface area contributed by atoms with E-state index in [1.165, 1.54) is 0 Å². The molecule has 2 heterocycles. The molecule has 3 rings (SSSR count). The molecule has 0 saturated carbocycles. The zero-order valence-electron chi connectivity index (χ0n) is 11.1. The van der Waals surface area contributed by atoms with E-state index in [9.17, 15) is 4.79 Å². The first kappa shape index (κ1) is 12.4. The van der Waals surface area contributed by atoms with Crippen molar-refractivity contribution in [2.45, 2.75) is 6.92 Å². The number of carbonyl (C=O) groups excluding carboxylic acids is 1. The number of aromatic nitrogens is 2. The Morgan fingerprint density at radius 2 is 2.00 bits per heavy atom. The number of hydrogen-bond donors (Lipinski definition) is 0. The average molecular weight is 266 g/mol. The molecule has 20 heavy (non-hydrogen) atoms. The van der Waals surface area contributed by atoms with Crippen LogP contribution in [0.2, 0.25) is 0 Å². The molecule has 0 N–H and O–H groups in total. The van der Waals surface area contributed by atoms with Crippen LogP contribution in [0.5, 0.6) is 0 Å². The van der Waals surface area contributed by atoms with Gasteiger partial charge in [-0.15, -0.1) is 0 Å². The lowest BCUT2D eigenvalue weighted by atomic mass is 10.1. The maximum absolute atomic E-state index is 11.7. The van der Waals surface area contributed by atoms with Gasteiger partial charge in [-0.3, -0.25) is 0 Å². The van der Waals surface area contributed by atoms with Crippen LogP contribution in [-0.2, 0) is 4.74 Å². The molecule has 0 radical (unpaired) electrons. The second kappa shape index (κ2) is 5.17. The summed E-state index contributed by atoms with van der Waals surface area (Å²) in [6.45, 7) is 2.17. The smallest absolute Gasteiger partial charge is 0.338 e. The van der Waals surface area contributed by atoms with Crippen molar-refractivity contribution in [3.05, 3.63) is 60.3 Å². The summed E-state index contributed by atoms with van der Waals surface area (Å²) >= 11 is 0. The second-order valence-electron chi connectivity index (χ2n) is 4.40. The molecule has 3 aromatic rings. The summed E-state index contributed by atoms with van der Waals surface area (Å²) in [4.78, 5) is 11.7. The molecule has 0 fully saturated rings. The lowest BCUT2D eigenvalue weighted by Gasteiger charge is -2.01. The molecule has 4 heteroatoms. The van der Waals surface area contributed by atoms with Crippen molar-refractivity contribution in [1.82, 2.24) is 9.61 Å². The summed E-state index contributed by atoms with van der Waals surface area (Å²) in [7, 11) is 0. The van der Waals surface area contributed by atoms with Crippen molar-refractivity contribution in [3.63, 3.8) is 0 Å². The Morgan fingerprint density at radius 1 is 1.20 bits per heavy atom. The van der Waals surface area contributed by atoms with E-state index in [2.05, 4.69) is 5.10 Å². The fourth-order valence-corrected chi connectivity index (χ4v) is 2.09. The van der Waals surface area contributed by atoms with Gasteiger partial charge in [0, 0.05) is 11.8 Å². The number of hydrogen-bond acceptors (Lipinski definition) is 3. The number of rotatable bonds is 3. The number of ether oxygens (including phenoxy) is 1. The highest BCUT2D eigenvalue weighted by Gasteiger charge is 2.09. The third-order valence-corrected chi connectivity index (χ3v) is 3.04. The van der Waals surface area contributed by atoms with E-state index in [0.717, 1.165) is 16.8 Å². The van der Waals surface area contributed by atoms with Crippen LogP contribution in [0.25, 0.3) is 16.8 Å². The van der Waals surface area contributed by atoms with Crippen LogP contribution >= 0.6 is 0 Å². The summed E-state index contributed by atoms with van der Waals surface area (Å²) in [6, 6.07) is 15.4. The predicted octanol–water partition coefficient (Wildman–Crippen LogP) is 3.18. The van der Waals surface area contributed by atoms with Gasteiger partial charge in [0.15, 0.2) is 0 Å². The van der Waals surface area contributed by atoms with Gasteiger partial charge in [-0.25, -0.2) is 9.31 Å². The van der Waals surface area contributed by atoms with Crippen LogP contribution in [0.4, 0.5) is 0 Å². The Hall–Kier alpha value is -2.62. The zero-order chi connectivity index (χ0) is 13.9. The van der Waals surface area contributed by atoms with Crippen molar-refractivity contribution >= 4 is 11.5 Å². The molecule has 0 amide bonds. The van der Waals surface area contributed by atoms with Gasteiger partial charge < -0.3 is 4.74 Å². The lowest BCUT2D eigenvalue weighted by molar-refractivity contribution is 0.0526. The summed E-state index contributed by atoms with van der Waals surface area (Å²) in [6.07, 6.45) is 1.77. The highest BCUT2D eigenvalue weighted by molar-refractivity contribution is 5.90. The molecule has 4 nitrogen and oxygen atoms in total. The predicted molar refractivity (Wildman–Crippen MR) is 76.6 cm³/mol. The van der Waals surface area contributed by atoms with E-state index >= 15 is 0 Å². The van der Waals surface area contributed by atoms with Gasteiger partial charge in [-0.1, -0.05) is 30.3 Å². The molecule has 100 valence electrons. The normalized spacial score (nSPS) is 10.7. The maximum atomic E-state index is 11.7. The van der Waals surface area contributed by atoms with E-state index in [1.54, 1.807) is 29.8 Å². The van der Waals surface area contributed by atoms with Crippen LogP contribution in [0, 0.1) is 0 Å². The number of fused-ring (bicyclic) bond motifs is 1. The van der Waals surface area contributed by atoms with E-state index in [0.29, 0.717) is 12.2 Å². The fraction of sp³-hybridized carbons (Fsp3) is 0.125. The van der Waals surface area contributed by atoms with Gasteiger partial charge in [0.25, 0.3) is 0 Å². The first-order valence-corrected chi connectivity index (χ1v) is 6.50. The standard InChI is InChI=1S/C16H14N2O2/c1-2-20-16(19)13-8-9-18-14(10-13)11-15(17-18)12-6-4-3-5-7-12/h3-11H,2H2,1H3. The Labute approximate surface area is 116 Å². The molecule has 2 aromatic heterocycles. The molecule has 0 unspecified atom stereocenters.